The zero-order chi connectivity index (χ0) is 20.9. The molecule has 1 N–H and O–H groups in total. The minimum absolute atomic E-state index is 0.0125. The van der Waals surface area contributed by atoms with Gasteiger partial charge in [-0.2, -0.15) is 4.37 Å². The highest BCUT2D eigenvalue weighted by molar-refractivity contribution is 7.80. The number of nitrogens with zero attached hydrogens (tertiary/aromatic N) is 3. The van der Waals surface area contributed by atoms with Crippen molar-refractivity contribution in [3.05, 3.63) is 76.3 Å². The van der Waals surface area contributed by atoms with Crippen LogP contribution in [0.5, 0.6) is 0 Å². The molecule has 6 nitrogen and oxygen atoms in total. The molecule has 0 radical (unpaired) electrons. The van der Waals surface area contributed by atoms with Gasteiger partial charge in [-0.3, -0.25) is 4.79 Å². The summed E-state index contributed by atoms with van der Waals surface area (Å²) in [6, 6.07) is 17.0. The van der Waals surface area contributed by atoms with Crippen LogP contribution in [0.2, 0.25) is 0 Å². The summed E-state index contributed by atoms with van der Waals surface area (Å²) in [5, 5.41) is 4.61. The highest BCUT2D eigenvalue weighted by Crippen LogP contribution is 2.27. The van der Waals surface area contributed by atoms with Gasteiger partial charge in [0.15, 0.2) is 10.9 Å². The van der Waals surface area contributed by atoms with E-state index in [0.717, 1.165) is 23.7 Å². The molecular formula is C22H22N4O2S2. The predicted octanol–water partition coefficient (Wildman–Crippen LogP) is 3.95. The fourth-order valence-electron chi connectivity index (χ4n) is 3.25. The van der Waals surface area contributed by atoms with Crippen molar-refractivity contribution < 1.29 is 9.53 Å². The van der Waals surface area contributed by atoms with Crippen molar-refractivity contribution in [3.63, 3.8) is 0 Å². The summed E-state index contributed by atoms with van der Waals surface area (Å²) >= 11 is 6.80. The quantitative estimate of drug-likeness (QED) is 0.478. The van der Waals surface area contributed by atoms with Crippen LogP contribution < -0.4 is 5.32 Å². The smallest absolute Gasteiger partial charge is 0.241 e. The first-order chi connectivity index (χ1) is 14.6. The summed E-state index contributed by atoms with van der Waals surface area (Å²) in [6.45, 7) is 4.94. The van der Waals surface area contributed by atoms with Gasteiger partial charge < -0.3 is 15.0 Å². The van der Waals surface area contributed by atoms with Crippen molar-refractivity contribution >= 4 is 40.6 Å². The Morgan fingerprint density at radius 3 is 2.63 bits per heavy atom. The van der Waals surface area contributed by atoms with Crippen molar-refractivity contribution in [1.82, 2.24) is 14.3 Å². The molecule has 0 spiro atoms. The number of morpholine rings is 1. The van der Waals surface area contributed by atoms with Crippen LogP contribution in [-0.2, 0) is 4.74 Å². The van der Waals surface area contributed by atoms with Crippen LogP contribution in [0.1, 0.15) is 39.3 Å². The van der Waals surface area contributed by atoms with Crippen LogP contribution in [0.15, 0.2) is 54.6 Å². The van der Waals surface area contributed by atoms with Crippen molar-refractivity contribution in [2.24, 2.45) is 0 Å². The van der Waals surface area contributed by atoms with Crippen molar-refractivity contribution in [2.45, 2.75) is 12.8 Å². The molecule has 1 unspecified atom stereocenters. The van der Waals surface area contributed by atoms with E-state index in [1.54, 1.807) is 0 Å². The van der Waals surface area contributed by atoms with Crippen molar-refractivity contribution in [3.8, 4) is 0 Å². The molecule has 154 valence electrons. The summed E-state index contributed by atoms with van der Waals surface area (Å²) in [4.78, 5) is 19.4. The minimum Gasteiger partial charge on any atom is -0.378 e. The fraction of sp³-hybridized carbons (Fsp3) is 0.273. The number of nitrogens with one attached hydrogen (secondary N) is 1. The number of hydrogen-bond donors (Lipinski definition) is 1. The van der Waals surface area contributed by atoms with Gasteiger partial charge in [-0.1, -0.05) is 55.5 Å². The Hall–Kier alpha value is -2.68. The van der Waals surface area contributed by atoms with E-state index in [2.05, 4.69) is 26.5 Å². The molecule has 2 heterocycles. The van der Waals surface area contributed by atoms with Crippen LogP contribution in [0, 0.1) is 0 Å². The lowest BCUT2D eigenvalue weighted by molar-refractivity contribution is 0.0690. The number of rotatable bonds is 5. The molecule has 2 aromatic carbocycles. The van der Waals surface area contributed by atoms with Gasteiger partial charge in [0.25, 0.3) is 0 Å². The second-order valence-corrected chi connectivity index (χ2v) is 8.20. The first-order valence-corrected chi connectivity index (χ1v) is 11.0. The van der Waals surface area contributed by atoms with E-state index in [4.69, 9.17) is 17.0 Å². The summed E-state index contributed by atoms with van der Waals surface area (Å²) in [5.41, 5.74) is 2.37. The Bertz CT molecular complexity index is 1030. The molecule has 4 rings (SSSR count). The predicted molar refractivity (Wildman–Crippen MR) is 122 cm³/mol. The SMILES string of the molecule is CC(c1cccc(C(=O)c2ccccc2)c1)c1nc(NC(=S)N2CCOCC2)ns1. The number of ketones is 1. The molecule has 30 heavy (non-hydrogen) atoms. The van der Waals surface area contributed by atoms with Crippen molar-refractivity contribution in [2.75, 3.05) is 31.6 Å². The molecule has 0 aliphatic carbocycles. The molecular weight excluding hydrogens is 416 g/mol. The number of hydrogen-bond acceptors (Lipinski definition) is 6. The van der Waals surface area contributed by atoms with Gasteiger partial charge in [-0.05, 0) is 35.4 Å². The molecule has 0 amide bonds. The van der Waals surface area contributed by atoms with Gasteiger partial charge in [0.05, 0.1) is 13.2 Å². The molecule has 1 aliphatic rings. The zero-order valence-electron chi connectivity index (χ0n) is 16.6. The average molecular weight is 439 g/mol. The molecule has 1 aliphatic heterocycles. The zero-order valence-corrected chi connectivity index (χ0v) is 18.2. The highest BCUT2D eigenvalue weighted by atomic mass is 32.1. The normalized spacial score (nSPS) is 14.9. The summed E-state index contributed by atoms with van der Waals surface area (Å²) in [5.74, 6) is 0.536. The number of carbonyl (C=O) groups is 1. The Labute approximate surface area is 185 Å². The average Bonchev–Trinajstić information content (AvgIpc) is 3.27. The van der Waals surface area contributed by atoms with Gasteiger partial charge in [0.2, 0.25) is 5.95 Å². The third kappa shape index (κ3) is 4.72. The largest absolute Gasteiger partial charge is 0.378 e. The Balaban J connectivity index is 1.46. The van der Waals surface area contributed by atoms with E-state index in [1.807, 2.05) is 54.6 Å². The number of thiocarbonyl (C=S) groups is 1. The molecule has 1 saturated heterocycles. The van der Waals surface area contributed by atoms with Crippen LogP contribution >= 0.6 is 23.8 Å². The number of aromatic nitrogens is 2. The van der Waals surface area contributed by atoms with Gasteiger partial charge in [0, 0.05) is 30.1 Å². The second-order valence-electron chi connectivity index (χ2n) is 7.03. The molecule has 1 aromatic heterocycles. The first kappa shape index (κ1) is 20.6. The number of benzene rings is 2. The topological polar surface area (TPSA) is 67.4 Å². The highest BCUT2D eigenvalue weighted by Gasteiger charge is 2.19. The second kappa shape index (κ2) is 9.42. The van der Waals surface area contributed by atoms with E-state index in [-0.39, 0.29) is 11.7 Å². The monoisotopic (exact) mass is 438 g/mol. The van der Waals surface area contributed by atoms with E-state index in [9.17, 15) is 4.79 Å². The van der Waals surface area contributed by atoms with Gasteiger partial charge in [-0.15, -0.1) is 0 Å². The lowest BCUT2D eigenvalue weighted by Crippen LogP contribution is -2.43. The Morgan fingerprint density at radius 2 is 1.87 bits per heavy atom. The van der Waals surface area contributed by atoms with Crippen LogP contribution in [-0.4, -0.2) is 51.5 Å². The van der Waals surface area contributed by atoms with Gasteiger partial charge in [0.1, 0.15) is 5.01 Å². The maximum atomic E-state index is 12.8. The Kier molecular flexibility index (Phi) is 6.47. The van der Waals surface area contributed by atoms with E-state index in [0.29, 0.717) is 35.4 Å². The molecule has 1 fully saturated rings. The lowest BCUT2D eigenvalue weighted by Gasteiger charge is -2.28. The Morgan fingerprint density at radius 1 is 1.13 bits per heavy atom. The minimum atomic E-state index is 0.0125. The lowest BCUT2D eigenvalue weighted by atomic mass is 9.96. The number of carbonyl (C=O) groups excluding carboxylic acids is 1. The van der Waals surface area contributed by atoms with Crippen LogP contribution in [0.4, 0.5) is 5.95 Å². The summed E-state index contributed by atoms with van der Waals surface area (Å²) < 4.78 is 9.77. The summed E-state index contributed by atoms with van der Waals surface area (Å²) in [7, 11) is 0. The number of ether oxygens (including phenoxy) is 1. The maximum absolute atomic E-state index is 12.8. The van der Waals surface area contributed by atoms with Crippen molar-refractivity contribution in [1.29, 1.82) is 0 Å². The summed E-state index contributed by atoms with van der Waals surface area (Å²) in [6.07, 6.45) is 0. The standard InChI is InChI=1S/C22H22N4O2S2/c1-15(17-8-5-9-18(14-17)19(27)16-6-3-2-4-7-16)20-23-21(25-30-20)24-22(29)26-10-12-28-13-11-26/h2-9,14-15H,10-13H2,1H3,(H,24,25,29). The molecule has 1 atom stereocenters. The van der Waals surface area contributed by atoms with Gasteiger partial charge in [-0.25, -0.2) is 4.98 Å². The number of anilines is 1. The third-order valence-corrected chi connectivity index (χ3v) is 6.27. The molecule has 0 saturated carbocycles. The van der Waals surface area contributed by atoms with Crippen LogP contribution in [0.3, 0.4) is 0 Å². The maximum Gasteiger partial charge on any atom is 0.241 e. The van der Waals surface area contributed by atoms with E-state index < -0.39 is 0 Å². The first-order valence-electron chi connectivity index (χ1n) is 9.79. The van der Waals surface area contributed by atoms with E-state index >= 15 is 0 Å². The molecule has 0 bridgehead atoms. The van der Waals surface area contributed by atoms with E-state index in [1.165, 1.54) is 11.5 Å². The van der Waals surface area contributed by atoms with Crippen LogP contribution in [0.25, 0.3) is 0 Å². The fourth-order valence-corrected chi connectivity index (χ4v) is 4.21. The third-order valence-electron chi connectivity index (χ3n) is 5.01. The molecule has 3 aromatic rings. The molecule has 8 heteroatoms. The van der Waals surface area contributed by atoms with Gasteiger partial charge >= 0.3 is 0 Å².